The molecule has 0 bridgehead atoms. The highest BCUT2D eigenvalue weighted by atomic mass is 16.7. The number of hydrogen-bond acceptors (Lipinski definition) is 4. The van der Waals surface area contributed by atoms with Gasteiger partial charge in [-0.2, -0.15) is 0 Å². The molecule has 0 aliphatic rings. The Morgan fingerprint density at radius 2 is 1.17 bits per heavy atom. The van der Waals surface area contributed by atoms with Gasteiger partial charge in [0, 0.05) is 20.1 Å². The molecule has 0 radical (unpaired) electrons. The summed E-state index contributed by atoms with van der Waals surface area (Å²) in [6.07, 6.45) is 17.2. The van der Waals surface area contributed by atoms with Gasteiger partial charge in [-0.1, -0.05) is 70.6 Å². The average molecular weight is 345 g/mol. The Balaban J connectivity index is 3.01. The molecule has 4 nitrogen and oxygen atoms in total. The molecule has 0 saturated carbocycles. The van der Waals surface area contributed by atoms with E-state index in [9.17, 15) is 4.79 Å². The maximum absolute atomic E-state index is 11.2. The molecule has 0 saturated heterocycles. The van der Waals surface area contributed by atoms with Gasteiger partial charge in [-0.05, 0) is 19.8 Å². The van der Waals surface area contributed by atoms with Crippen molar-refractivity contribution in [3.63, 3.8) is 0 Å². The first-order chi connectivity index (χ1) is 11.8. The summed E-state index contributed by atoms with van der Waals surface area (Å²) in [6.45, 7) is 3.61. The van der Waals surface area contributed by atoms with Crippen LogP contribution in [0.2, 0.25) is 0 Å². The molecule has 0 N–H and O–H groups in total. The minimum Gasteiger partial charge on any atom is -0.466 e. The maximum Gasteiger partial charge on any atom is 0.305 e. The van der Waals surface area contributed by atoms with E-state index in [4.69, 9.17) is 14.2 Å². The molecule has 0 aromatic rings. The second-order valence-electron chi connectivity index (χ2n) is 6.47. The molecule has 0 spiro atoms. The Kier molecular flexibility index (Phi) is 19.9. The van der Waals surface area contributed by atoms with Crippen molar-refractivity contribution >= 4 is 5.97 Å². The largest absolute Gasteiger partial charge is 0.466 e. The van der Waals surface area contributed by atoms with Crippen LogP contribution >= 0.6 is 0 Å². The van der Waals surface area contributed by atoms with E-state index in [0.29, 0.717) is 19.8 Å². The van der Waals surface area contributed by atoms with E-state index < -0.39 is 0 Å². The number of rotatable bonds is 19. The second-order valence-corrected chi connectivity index (χ2v) is 6.47. The first-order valence-electron chi connectivity index (χ1n) is 10.0. The normalized spacial score (nSPS) is 10.9. The molecule has 0 heterocycles. The Labute approximate surface area is 149 Å². The molecular weight excluding hydrogens is 304 g/mol. The van der Waals surface area contributed by atoms with Crippen molar-refractivity contribution in [3.8, 4) is 0 Å². The molecular formula is C20H40O4. The third-order valence-electron chi connectivity index (χ3n) is 4.18. The number of methoxy groups -OCH3 is 1. The first-order valence-corrected chi connectivity index (χ1v) is 10.0. The second kappa shape index (κ2) is 20.4. The van der Waals surface area contributed by atoms with Gasteiger partial charge in [-0.3, -0.25) is 4.79 Å². The molecule has 24 heavy (non-hydrogen) atoms. The van der Waals surface area contributed by atoms with Crippen molar-refractivity contribution in [3.05, 3.63) is 0 Å². The molecule has 0 aliphatic carbocycles. The van der Waals surface area contributed by atoms with E-state index in [1.807, 2.05) is 6.92 Å². The fraction of sp³-hybridized carbons (Fsp3) is 0.950. The molecule has 0 aromatic carbocycles. The van der Waals surface area contributed by atoms with Crippen LogP contribution in [0.4, 0.5) is 0 Å². The lowest BCUT2D eigenvalue weighted by atomic mass is 10.0. The van der Waals surface area contributed by atoms with Crippen LogP contribution < -0.4 is 0 Å². The van der Waals surface area contributed by atoms with E-state index in [-0.39, 0.29) is 5.97 Å². The molecule has 0 aliphatic heterocycles. The predicted molar refractivity (Wildman–Crippen MR) is 99.1 cm³/mol. The van der Waals surface area contributed by atoms with Gasteiger partial charge in [-0.25, -0.2) is 0 Å². The summed E-state index contributed by atoms with van der Waals surface area (Å²) in [5.74, 6) is -0.0417. The summed E-state index contributed by atoms with van der Waals surface area (Å²) < 4.78 is 15.0. The zero-order chi connectivity index (χ0) is 17.7. The molecule has 0 rings (SSSR count). The standard InChI is InChI=1S/C20H40O4/c1-3-24-20(21)17-15-13-11-9-7-5-4-6-8-10-12-14-16-18-23-19-22-2/h3-19H2,1-2H3. The predicted octanol–water partition coefficient (Wildman–Crippen LogP) is 5.63. The smallest absolute Gasteiger partial charge is 0.305 e. The van der Waals surface area contributed by atoms with Crippen molar-refractivity contribution in [2.45, 2.75) is 96.8 Å². The van der Waals surface area contributed by atoms with Crippen LogP contribution in [0.5, 0.6) is 0 Å². The van der Waals surface area contributed by atoms with Crippen molar-refractivity contribution in [1.29, 1.82) is 0 Å². The van der Waals surface area contributed by atoms with Crippen LogP contribution in [-0.2, 0) is 19.0 Å². The highest BCUT2D eigenvalue weighted by Crippen LogP contribution is 2.13. The molecule has 0 atom stereocenters. The number of hydrogen-bond donors (Lipinski definition) is 0. The minimum absolute atomic E-state index is 0.0417. The third kappa shape index (κ3) is 19.4. The van der Waals surface area contributed by atoms with Crippen LogP contribution in [0.15, 0.2) is 0 Å². The van der Waals surface area contributed by atoms with Crippen molar-refractivity contribution in [2.24, 2.45) is 0 Å². The van der Waals surface area contributed by atoms with Gasteiger partial charge in [0.2, 0.25) is 0 Å². The van der Waals surface area contributed by atoms with E-state index >= 15 is 0 Å². The fourth-order valence-corrected chi connectivity index (χ4v) is 2.79. The van der Waals surface area contributed by atoms with Crippen molar-refractivity contribution in [2.75, 3.05) is 27.1 Å². The lowest BCUT2D eigenvalue weighted by Crippen LogP contribution is -2.03. The average Bonchev–Trinajstić information content (AvgIpc) is 2.58. The molecule has 4 heteroatoms. The third-order valence-corrected chi connectivity index (χ3v) is 4.18. The number of ether oxygens (including phenoxy) is 3. The highest BCUT2D eigenvalue weighted by molar-refractivity contribution is 5.69. The summed E-state index contributed by atoms with van der Waals surface area (Å²) in [5.41, 5.74) is 0. The number of carbonyl (C=O) groups excluding carboxylic acids is 1. The lowest BCUT2D eigenvalue weighted by Gasteiger charge is -2.04. The fourth-order valence-electron chi connectivity index (χ4n) is 2.79. The highest BCUT2D eigenvalue weighted by Gasteiger charge is 2.00. The van der Waals surface area contributed by atoms with E-state index in [2.05, 4.69) is 0 Å². The molecule has 144 valence electrons. The molecule has 0 amide bonds. The summed E-state index contributed by atoms with van der Waals surface area (Å²) >= 11 is 0. The molecule has 0 fully saturated rings. The number of esters is 1. The van der Waals surface area contributed by atoms with Gasteiger partial charge < -0.3 is 14.2 Å². The Morgan fingerprint density at radius 3 is 1.62 bits per heavy atom. The first kappa shape index (κ1) is 23.4. The number of carbonyl (C=O) groups is 1. The Bertz CT molecular complexity index is 256. The Hall–Kier alpha value is -0.610. The monoisotopic (exact) mass is 344 g/mol. The zero-order valence-corrected chi connectivity index (χ0v) is 16.2. The summed E-state index contributed by atoms with van der Waals surface area (Å²) in [6, 6.07) is 0. The SMILES string of the molecule is CCOC(=O)CCCCCCCCCCCCCCCOCOC. The molecule has 0 unspecified atom stereocenters. The van der Waals surface area contributed by atoms with E-state index in [0.717, 1.165) is 25.9 Å². The maximum atomic E-state index is 11.2. The van der Waals surface area contributed by atoms with Crippen LogP contribution in [0.1, 0.15) is 96.8 Å². The van der Waals surface area contributed by atoms with Gasteiger partial charge >= 0.3 is 5.97 Å². The van der Waals surface area contributed by atoms with Crippen LogP contribution in [0.3, 0.4) is 0 Å². The Morgan fingerprint density at radius 1 is 0.708 bits per heavy atom. The van der Waals surface area contributed by atoms with Gasteiger partial charge in [0.05, 0.1) is 6.61 Å². The molecule has 0 aromatic heterocycles. The van der Waals surface area contributed by atoms with Gasteiger partial charge in [0.1, 0.15) is 6.79 Å². The van der Waals surface area contributed by atoms with Crippen LogP contribution in [0, 0.1) is 0 Å². The van der Waals surface area contributed by atoms with Crippen molar-refractivity contribution < 1.29 is 19.0 Å². The summed E-state index contributed by atoms with van der Waals surface area (Å²) in [4.78, 5) is 11.2. The lowest BCUT2D eigenvalue weighted by molar-refractivity contribution is -0.143. The summed E-state index contributed by atoms with van der Waals surface area (Å²) in [5, 5.41) is 0. The summed E-state index contributed by atoms with van der Waals surface area (Å²) in [7, 11) is 1.66. The van der Waals surface area contributed by atoms with E-state index in [1.54, 1.807) is 7.11 Å². The van der Waals surface area contributed by atoms with E-state index in [1.165, 1.54) is 64.2 Å². The van der Waals surface area contributed by atoms with Gasteiger partial charge in [0.15, 0.2) is 0 Å². The van der Waals surface area contributed by atoms with Crippen molar-refractivity contribution in [1.82, 2.24) is 0 Å². The zero-order valence-electron chi connectivity index (χ0n) is 16.2. The van der Waals surface area contributed by atoms with Crippen LogP contribution in [0.25, 0.3) is 0 Å². The van der Waals surface area contributed by atoms with Gasteiger partial charge in [0.25, 0.3) is 0 Å². The number of unbranched alkanes of at least 4 members (excludes halogenated alkanes) is 12. The topological polar surface area (TPSA) is 44.8 Å². The minimum atomic E-state index is -0.0417. The van der Waals surface area contributed by atoms with Gasteiger partial charge in [-0.15, -0.1) is 0 Å². The van der Waals surface area contributed by atoms with Crippen LogP contribution in [-0.4, -0.2) is 33.1 Å². The quantitative estimate of drug-likeness (QED) is 0.173.